The van der Waals surface area contributed by atoms with Gasteiger partial charge in [0.25, 0.3) is 0 Å². The van der Waals surface area contributed by atoms with Crippen LogP contribution in [0.25, 0.3) is 0 Å². The largest absolute Gasteiger partial charge is 0.468 e. The highest BCUT2D eigenvalue weighted by atomic mass is 28.5. The maximum atomic E-state index is 11.2. The zero-order valence-electron chi connectivity index (χ0n) is 12.4. The molecule has 0 fully saturated rings. The summed E-state index contributed by atoms with van der Waals surface area (Å²) in [4.78, 5) is 11.2. The second-order valence-corrected chi connectivity index (χ2v) is 10.8. The quantitative estimate of drug-likeness (QED) is 0.228. The topological polar surface area (TPSA) is 54.0 Å². The zero-order valence-corrected chi connectivity index (χ0v) is 17.7. The minimum Gasteiger partial charge on any atom is -0.463 e. The Hall–Kier alpha value is -0.0425. The first-order valence-corrected chi connectivity index (χ1v) is 14.8. The summed E-state index contributed by atoms with van der Waals surface area (Å²) in [6, 6.07) is 0.763. The Morgan fingerprint density at radius 3 is 2.05 bits per heavy atom. The monoisotopic (exact) mass is 338 g/mol. The number of hydrogen-bond donors (Lipinski definition) is 0. The SMILES string of the molecule is CC=CC(=O)OCCC[Si](O[SiH2]C)(O[SiH2]C)O[SiH2]C. The molecule has 9 heteroatoms. The molecule has 0 atom stereocenters. The summed E-state index contributed by atoms with van der Waals surface area (Å²) in [6.07, 6.45) is 3.84. The van der Waals surface area contributed by atoms with Crippen LogP contribution in [-0.4, -0.2) is 50.7 Å². The van der Waals surface area contributed by atoms with Crippen LogP contribution in [0.3, 0.4) is 0 Å². The van der Waals surface area contributed by atoms with E-state index in [4.69, 9.17) is 17.1 Å². The Morgan fingerprint density at radius 1 is 1.11 bits per heavy atom. The molecule has 0 aromatic heterocycles. The van der Waals surface area contributed by atoms with Crippen molar-refractivity contribution in [1.82, 2.24) is 0 Å². The van der Waals surface area contributed by atoms with Gasteiger partial charge in [-0.15, -0.1) is 0 Å². The van der Waals surface area contributed by atoms with Crippen LogP contribution in [0.2, 0.25) is 25.7 Å². The normalized spacial score (nSPS) is 16.4. The van der Waals surface area contributed by atoms with Crippen LogP contribution in [0.15, 0.2) is 12.2 Å². The number of carbonyl (C=O) groups excluding carboxylic acids is 1. The van der Waals surface area contributed by atoms with Gasteiger partial charge in [-0.2, -0.15) is 0 Å². The molecular weight excluding hydrogens is 312 g/mol. The van der Waals surface area contributed by atoms with Crippen LogP contribution in [-0.2, 0) is 21.9 Å². The van der Waals surface area contributed by atoms with Gasteiger partial charge >= 0.3 is 14.8 Å². The van der Waals surface area contributed by atoms with E-state index in [0.29, 0.717) is 6.61 Å². The average Bonchev–Trinajstić information content (AvgIpc) is 2.36. The third-order valence-corrected chi connectivity index (χ3v) is 12.0. The van der Waals surface area contributed by atoms with Crippen molar-refractivity contribution in [2.75, 3.05) is 6.61 Å². The van der Waals surface area contributed by atoms with Gasteiger partial charge < -0.3 is 17.1 Å². The highest BCUT2D eigenvalue weighted by molar-refractivity contribution is 6.73. The van der Waals surface area contributed by atoms with E-state index in [1.165, 1.54) is 6.08 Å². The second-order valence-electron chi connectivity index (χ2n) is 3.75. The molecule has 0 aliphatic rings. The molecular formula is C10H26O5Si4. The van der Waals surface area contributed by atoms with E-state index in [2.05, 4.69) is 19.6 Å². The van der Waals surface area contributed by atoms with Crippen molar-refractivity contribution in [3.05, 3.63) is 12.2 Å². The lowest BCUT2D eigenvalue weighted by molar-refractivity contribution is -0.137. The van der Waals surface area contributed by atoms with E-state index in [9.17, 15) is 4.79 Å². The standard InChI is InChI=1S/C10H26O5Si4/c1-5-7-10(11)12-8-6-9-19(13-16-2,14-17-3)15-18-4/h5,7H,6,8-9,16-18H2,1-4H3. The molecule has 0 N–H and O–H groups in total. The molecule has 0 saturated carbocycles. The van der Waals surface area contributed by atoms with Crippen LogP contribution in [0, 0.1) is 0 Å². The molecule has 0 aliphatic carbocycles. The fourth-order valence-electron chi connectivity index (χ4n) is 1.65. The van der Waals surface area contributed by atoms with Gasteiger partial charge in [0.1, 0.15) is 29.3 Å². The van der Waals surface area contributed by atoms with Crippen LogP contribution < -0.4 is 0 Å². The number of rotatable bonds is 11. The van der Waals surface area contributed by atoms with E-state index >= 15 is 0 Å². The molecule has 0 spiro atoms. The van der Waals surface area contributed by atoms with Crippen molar-refractivity contribution in [2.45, 2.75) is 39.0 Å². The molecule has 0 amide bonds. The third-order valence-electron chi connectivity index (χ3n) is 2.27. The average molecular weight is 339 g/mol. The van der Waals surface area contributed by atoms with Crippen LogP contribution in [0.1, 0.15) is 13.3 Å². The molecule has 112 valence electrons. The van der Waals surface area contributed by atoms with Crippen molar-refractivity contribution in [3.8, 4) is 0 Å². The molecule has 0 aromatic rings. The minimum atomic E-state index is -2.41. The van der Waals surface area contributed by atoms with Gasteiger partial charge in [0.05, 0.1) is 6.61 Å². The van der Waals surface area contributed by atoms with Crippen molar-refractivity contribution >= 4 is 44.1 Å². The third kappa shape index (κ3) is 8.68. The molecule has 0 bridgehead atoms. The number of esters is 1. The fourth-order valence-corrected chi connectivity index (χ4v) is 12.5. The molecule has 19 heavy (non-hydrogen) atoms. The van der Waals surface area contributed by atoms with Crippen molar-refractivity contribution < 1.29 is 21.9 Å². The Morgan fingerprint density at radius 2 is 1.63 bits per heavy atom. The van der Waals surface area contributed by atoms with E-state index in [1.54, 1.807) is 13.0 Å². The predicted molar refractivity (Wildman–Crippen MR) is 87.4 cm³/mol. The summed E-state index contributed by atoms with van der Waals surface area (Å²) in [5, 5.41) is 0. The van der Waals surface area contributed by atoms with E-state index in [-0.39, 0.29) is 5.97 Å². The van der Waals surface area contributed by atoms with Gasteiger partial charge in [-0.1, -0.05) is 25.7 Å². The maximum absolute atomic E-state index is 11.2. The first kappa shape index (κ1) is 19.0. The van der Waals surface area contributed by atoms with E-state index < -0.39 is 38.1 Å². The summed E-state index contributed by atoms with van der Waals surface area (Å²) < 4.78 is 22.8. The number of ether oxygens (including phenoxy) is 1. The lowest BCUT2D eigenvalue weighted by atomic mass is 10.5. The Labute approximate surface area is 124 Å². The number of allylic oxidation sites excluding steroid dienone is 1. The van der Waals surface area contributed by atoms with Gasteiger partial charge in [0.2, 0.25) is 0 Å². The van der Waals surface area contributed by atoms with Crippen LogP contribution in [0.5, 0.6) is 0 Å². The summed E-state index contributed by atoms with van der Waals surface area (Å²) in [6.45, 7) is 8.47. The molecule has 0 aromatic carbocycles. The van der Waals surface area contributed by atoms with E-state index in [0.717, 1.165) is 12.5 Å². The van der Waals surface area contributed by atoms with Crippen LogP contribution >= 0.6 is 0 Å². The summed E-state index contributed by atoms with van der Waals surface area (Å²) in [5.74, 6) is -0.294. The van der Waals surface area contributed by atoms with Crippen molar-refractivity contribution in [2.24, 2.45) is 0 Å². The van der Waals surface area contributed by atoms with Gasteiger partial charge in [-0.25, -0.2) is 4.79 Å². The highest BCUT2D eigenvalue weighted by Gasteiger charge is 2.37. The Bertz CT molecular complexity index is 258. The van der Waals surface area contributed by atoms with Crippen molar-refractivity contribution in [3.63, 3.8) is 0 Å². The second kappa shape index (κ2) is 11.8. The minimum absolute atomic E-state index is 0.294. The fraction of sp³-hybridized carbons (Fsp3) is 0.700. The summed E-state index contributed by atoms with van der Waals surface area (Å²) in [7, 11) is -4.06. The molecule has 0 heterocycles. The Kier molecular flexibility index (Phi) is 11.7. The number of carbonyl (C=O) groups is 1. The first-order valence-electron chi connectivity index (χ1n) is 6.85. The van der Waals surface area contributed by atoms with E-state index in [1.807, 2.05) is 0 Å². The lowest BCUT2D eigenvalue weighted by Gasteiger charge is -2.30. The van der Waals surface area contributed by atoms with Gasteiger partial charge in [-0.05, 0) is 13.3 Å². The smallest absolute Gasteiger partial charge is 0.463 e. The lowest BCUT2D eigenvalue weighted by Crippen LogP contribution is -2.48. The zero-order chi connectivity index (χ0) is 14.6. The van der Waals surface area contributed by atoms with Gasteiger partial charge in [0.15, 0.2) is 0 Å². The molecule has 5 nitrogen and oxygen atoms in total. The molecule has 0 unspecified atom stereocenters. The van der Waals surface area contributed by atoms with Crippen LogP contribution in [0.4, 0.5) is 0 Å². The van der Waals surface area contributed by atoms with Gasteiger partial charge in [-0.3, -0.25) is 0 Å². The number of hydrogen-bond acceptors (Lipinski definition) is 5. The summed E-state index contributed by atoms with van der Waals surface area (Å²) in [5.41, 5.74) is 0. The highest BCUT2D eigenvalue weighted by Crippen LogP contribution is 2.16. The predicted octanol–water partition coefficient (Wildman–Crippen LogP) is -0.120. The Balaban J connectivity index is 4.20. The molecule has 0 saturated heterocycles. The summed E-state index contributed by atoms with van der Waals surface area (Å²) >= 11 is 0. The molecule has 0 radical (unpaired) electrons. The molecule has 0 rings (SSSR count). The first-order chi connectivity index (χ1) is 9.14. The maximum Gasteiger partial charge on any atom is 0.468 e. The molecule has 0 aliphatic heterocycles. The van der Waals surface area contributed by atoms with Gasteiger partial charge in [0, 0.05) is 12.1 Å². The van der Waals surface area contributed by atoms with Crippen molar-refractivity contribution in [1.29, 1.82) is 0 Å².